The molecule has 1 atom stereocenters. The molecule has 0 spiro atoms. The van der Waals surface area contributed by atoms with Crippen LogP contribution in [0.1, 0.15) is 24.4 Å². The Hall–Kier alpha value is -3.02. The van der Waals surface area contributed by atoms with Crippen molar-refractivity contribution in [2.24, 2.45) is 0 Å². The van der Waals surface area contributed by atoms with Crippen molar-refractivity contribution in [1.29, 1.82) is 0 Å². The van der Waals surface area contributed by atoms with E-state index >= 15 is 0 Å². The maximum absolute atomic E-state index is 12.2. The molecular formula is C19H21NO5. The molecule has 0 aromatic heterocycles. The summed E-state index contributed by atoms with van der Waals surface area (Å²) < 4.78 is 10.7. The highest BCUT2D eigenvalue weighted by molar-refractivity contribution is 5.78. The number of nitrogens with one attached hydrogen (secondary N) is 1. The van der Waals surface area contributed by atoms with Gasteiger partial charge < -0.3 is 19.9 Å². The first-order valence-electron chi connectivity index (χ1n) is 7.92. The Morgan fingerprint density at radius 1 is 1.04 bits per heavy atom. The molecule has 2 rings (SSSR count). The number of amides is 1. The van der Waals surface area contributed by atoms with Gasteiger partial charge >= 0.3 is 5.97 Å². The van der Waals surface area contributed by atoms with Crippen molar-refractivity contribution in [3.63, 3.8) is 0 Å². The van der Waals surface area contributed by atoms with Crippen molar-refractivity contribution in [3.8, 4) is 11.5 Å². The van der Waals surface area contributed by atoms with E-state index in [1.807, 2.05) is 36.4 Å². The van der Waals surface area contributed by atoms with E-state index in [0.717, 1.165) is 5.56 Å². The fourth-order valence-electron chi connectivity index (χ4n) is 2.39. The zero-order valence-corrected chi connectivity index (χ0v) is 14.0. The fourth-order valence-corrected chi connectivity index (χ4v) is 2.39. The Labute approximate surface area is 146 Å². The molecule has 0 heterocycles. The summed E-state index contributed by atoms with van der Waals surface area (Å²) >= 11 is 0. The van der Waals surface area contributed by atoms with E-state index in [1.54, 1.807) is 18.2 Å². The maximum atomic E-state index is 12.2. The van der Waals surface area contributed by atoms with Gasteiger partial charge in [-0.05, 0) is 24.1 Å². The minimum Gasteiger partial charge on any atom is -0.493 e. The largest absolute Gasteiger partial charge is 0.493 e. The molecule has 6 nitrogen and oxygen atoms in total. The molecule has 0 radical (unpaired) electrons. The van der Waals surface area contributed by atoms with Gasteiger partial charge in [0.25, 0.3) is 5.91 Å². The molecule has 0 bridgehead atoms. The lowest BCUT2D eigenvalue weighted by Crippen LogP contribution is -2.33. The molecule has 0 saturated carbocycles. The summed E-state index contributed by atoms with van der Waals surface area (Å²) in [6.45, 7) is -0.184. The number of rotatable bonds is 9. The molecule has 2 aromatic rings. The number of methoxy groups -OCH3 is 1. The van der Waals surface area contributed by atoms with Gasteiger partial charge in [-0.2, -0.15) is 0 Å². The molecule has 6 heteroatoms. The number of benzene rings is 2. The second kappa shape index (κ2) is 9.32. The third-order valence-corrected chi connectivity index (χ3v) is 3.61. The van der Waals surface area contributed by atoms with Crippen LogP contribution in [-0.2, 0) is 9.59 Å². The molecule has 0 aliphatic carbocycles. The van der Waals surface area contributed by atoms with E-state index in [0.29, 0.717) is 17.9 Å². The van der Waals surface area contributed by atoms with Crippen LogP contribution in [0.15, 0.2) is 54.6 Å². The summed E-state index contributed by atoms with van der Waals surface area (Å²) in [5, 5.41) is 11.7. The van der Waals surface area contributed by atoms with Gasteiger partial charge in [-0.25, -0.2) is 0 Å². The van der Waals surface area contributed by atoms with Crippen LogP contribution in [0.5, 0.6) is 11.5 Å². The van der Waals surface area contributed by atoms with Crippen molar-refractivity contribution in [2.75, 3.05) is 13.7 Å². The average molecular weight is 343 g/mol. The first-order chi connectivity index (χ1) is 12.1. The Morgan fingerprint density at radius 2 is 1.68 bits per heavy atom. The van der Waals surface area contributed by atoms with E-state index in [9.17, 15) is 9.59 Å². The number of carbonyl (C=O) groups excluding carboxylic acids is 1. The second-order valence-electron chi connectivity index (χ2n) is 5.40. The van der Waals surface area contributed by atoms with Crippen molar-refractivity contribution in [2.45, 2.75) is 18.9 Å². The Bertz CT molecular complexity index is 702. The third-order valence-electron chi connectivity index (χ3n) is 3.61. The number of ether oxygens (including phenoxy) is 2. The van der Waals surface area contributed by atoms with Gasteiger partial charge in [0.15, 0.2) is 18.1 Å². The molecule has 1 unspecified atom stereocenters. The summed E-state index contributed by atoms with van der Waals surface area (Å²) in [4.78, 5) is 23.1. The number of para-hydroxylation sites is 2. The van der Waals surface area contributed by atoms with Crippen molar-refractivity contribution in [1.82, 2.24) is 5.32 Å². The topological polar surface area (TPSA) is 84.9 Å². The summed E-state index contributed by atoms with van der Waals surface area (Å²) in [6, 6.07) is 15.9. The average Bonchev–Trinajstić information content (AvgIpc) is 2.64. The van der Waals surface area contributed by atoms with Crippen molar-refractivity contribution < 1.29 is 24.2 Å². The fraction of sp³-hybridized carbons (Fsp3) is 0.263. The standard InChI is InChI=1S/C19H21NO5/c1-24-16-9-5-6-10-17(16)25-13-18(21)20-15(11-12-19(22)23)14-7-3-2-4-8-14/h2-10,15H,11-13H2,1H3,(H,20,21)(H,22,23). The molecule has 0 aliphatic heterocycles. The first kappa shape index (κ1) is 18.3. The van der Waals surface area contributed by atoms with Crippen LogP contribution in [0.2, 0.25) is 0 Å². The van der Waals surface area contributed by atoms with Crippen molar-refractivity contribution >= 4 is 11.9 Å². The molecular weight excluding hydrogens is 322 g/mol. The second-order valence-corrected chi connectivity index (χ2v) is 5.40. The van der Waals surface area contributed by atoms with Crippen molar-refractivity contribution in [3.05, 3.63) is 60.2 Å². The van der Waals surface area contributed by atoms with Gasteiger partial charge in [0, 0.05) is 6.42 Å². The smallest absolute Gasteiger partial charge is 0.303 e. The highest BCUT2D eigenvalue weighted by atomic mass is 16.5. The minimum absolute atomic E-state index is 0.0345. The Morgan fingerprint density at radius 3 is 2.32 bits per heavy atom. The molecule has 2 aromatic carbocycles. The van der Waals surface area contributed by atoms with Crippen LogP contribution in [-0.4, -0.2) is 30.7 Å². The molecule has 132 valence electrons. The number of carboxylic acid groups (broad SMARTS) is 1. The van der Waals surface area contributed by atoms with Crippen LogP contribution in [0.4, 0.5) is 0 Å². The maximum Gasteiger partial charge on any atom is 0.303 e. The van der Waals surface area contributed by atoms with E-state index < -0.39 is 5.97 Å². The zero-order chi connectivity index (χ0) is 18.1. The predicted molar refractivity (Wildman–Crippen MR) is 92.7 cm³/mol. The Balaban J connectivity index is 1.97. The molecule has 0 saturated heterocycles. The summed E-state index contributed by atoms with van der Waals surface area (Å²) in [6.07, 6.45) is 0.271. The number of hydrogen-bond acceptors (Lipinski definition) is 4. The molecule has 0 aliphatic rings. The van der Waals surface area contributed by atoms with E-state index in [2.05, 4.69) is 5.32 Å². The number of hydrogen-bond donors (Lipinski definition) is 2. The van der Waals surface area contributed by atoms with Gasteiger partial charge in [-0.3, -0.25) is 9.59 Å². The first-order valence-corrected chi connectivity index (χ1v) is 7.92. The molecule has 0 fully saturated rings. The predicted octanol–water partition coefficient (Wildman–Crippen LogP) is 2.80. The highest BCUT2D eigenvalue weighted by Gasteiger charge is 2.16. The lowest BCUT2D eigenvalue weighted by atomic mass is 10.0. The Kier molecular flexibility index (Phi) is 6.83. The minimum atomic E-state index is -0.902. The molecule has 25 heavy (non-hydrogen) atoms. The van der Waals surface area contributed by atoms with Crippen LogP contribution in [0.3, 0.4) is 0 Å². The van der Waals surface area contributed by atoms with E-state index in [1.165, 1.54) is 7.11 Å². The van der Waals surface area contributed by atoms with Gasteiger partial charge in [0.2, 0.25) is 0 Å². The quantitative estimate of drug-likeness (QED) is 0.731. The van der Waals surface area contributed by atoms with Gasteiger partial charge in [-0.1, -0.05) is 42.5 Å². The summed E-state index contributed by atoms with van der Waals surface area (Å²) in [5.74, 6) is -0.215. The van der Waals surface area contributed by atoms with Crippen LogP contribution in [0, 0.1) is 0 Å². The van der Waals surface area contributed by atoms with E-state index in [4.69, 9.17) is 14.6 Å². The lowest BCUT2D eigenvalue weighted by Gasteiger charge is -2.19. The molecule has 1 amide bonds. The third kappa shape index (κ3) is 5.84. The lowest BCUT2D eigenvalue weighted by molar-refractivity contribution is -0.137. The van der Waals surface area contributed by atoms with Crippen LogP contribution < -0.4 is 14.8 Å². The van der Waals surface area contributed by atoms with Gasteiger partial charge in [-0.15, -0.1) is 0 Å². The molecule has 2 N–H and O–H groups in total. The number of aliphatic carboxylic acids is 1. The summed E-state index contributed by atoms with van der Waals surface area (Å²) in [7, 11) is 1.53. The monoisotopic (exact) mass is 343 g/mol. The van der Waals surface area contributed by atoms with E-state index in [-0.39, 0.29) is 25.0 Å². The summed E-state index contributed by atoms with van der Waals surface area (Å²) in [5.41, 5.74) is 0.856. The zero-order valence-electron chi connectivity index (χ0n) is 14.0. The van der Waals surface area contributed by atoms with Crippen LogP contribution in [0.25, 0.3) is 0 Å². The van der Waals surface area contributed by atoms with Gasteiger partial charge in [0.1, 0.15) is 0 Å². The number of carbonyl (C=O) groups is 2. The van der Waals surface area contributed by atoms with Crippen LogP contribution >= 0.6 is 0 Å². The normalized spacial score (nSPS) is 11.4. The highest BCUT2D eigenvalue weighted by Crippen LogP contribution is 2.25. The SMILES string of the molecule is COc1ccccc1OCC(=O)NC(CCC(=O)O)c1ccccc1. The van der Waals surface area contributed by atoms with Gasteiger partial charge in [0.05, 0.1) is 13.2 Å². The number of carboxylic acids is 1.